The Morgan fingerprint density at radius 1 is 0.912 bits per heavy atom. The summed E-state index contributed by atoms with van der Waals surface area (Å²) < 4.78 is 0.779. The van der Waals surface area contributed by atoms with Crippen LogP contribution in [0.5, 0.6) is 0 Å². The van der Waals surface area contributed by atoms with Gasteiger partial charge in [0.25, 0.3) is 17.7 Å². The second-order valence-electron chi connectivity index (χ2n) is 8.11. The van der Waals surface area contributed by atoms with Crippen molar-refractivity contribution in [1.82, 2.24) is 4.90 Å². The molecular weight excluding hydrogens is 491 g/mol. The summed E-state index contributed by atoms with van der Waals surface area (Å²) in [7, 11) is 0. The highest BCUT2D eigenvalue weighted by atomic mass is 35.5. The molecule has 5 rings (SSSR count). The number of anilines is 1. The molecule has 3 aromatic carbocycles. The Labute approximate surface area is 210 Å². The van der Waals surface area contributed by atoms with Gasteiger partial charge in [0, 0.05) is 20.8 Å². The molecule has 3 amide bonds. The van der Waals surface area contributed by atoms with E-state index >= 15 is 0 Å². The van der Waals surface area contributed by atoms with Gasteiger partial charge in [0.15, 0.2) is 0 Å². The Hall–Kier alpha value is -3.19. The number of imide groups is 1. The summed E-state index contributed by atoms with van der Waals surface area (Å²) in [6.45, 7) is 3.68. The number of carbonyl (C=O) groups is 3. The van der Waals surface area contributed by atoms with Crippen LogP contribution in [-0.4, -0.2) is 29.3 Å². The number of fused-ring (bicyclic) bond motifs is 2. The highest BCUT2D eigenvalue weighted by Crippen LogP contribution is 2.38. The quantitative estimate of drug-likeness (QED) is 0.287. The van der Waals surface area contributed by atoms with E-state index in [2.05, 4.69) is 0 Å². The number of thiophene rings is 1. The second-order valence-corrected chi connectivity index (χ2v) is 9.98. The van der Waals surface area contributed by atoms with Crippen molar-refractivity contribution in [3.63, 3.8) is 0 Å². The maximum absolute atomic E-state index is 13.9. The molecule has 0 unspecified atom stereocenters. The van der Waals surface area contributed by atoms with E-state index in [-0.39, 0.29) is 6.67 Å². The van der Waals surface area contributed by atoms with Crippen molar-refractivity contribution in [2.24, 2.45) is 0 Å². The molecule has 8 heteroatoms. The van der Waals surface area contributed by atoms with Gasteiger partial charge < -0.3 is 0 Å². The first-order valence-electron chi connectivity index (χ1n) is 10.5. The molecule has 1 aromatic heterocycles. The summed E-state index contributed by atoms with van der Waals surface area (Å²) in [4.78, 5) is 42.7. The predicted octanol–water partition coefficient (Wildman–Crippen LogP) is 6.73. The Kier molecular flexibility index (Phi) is 5.68. The van der Waals surface area contributed by atoms with Gasteiger partial charge in [-0.15, -0.1) is 11.3 Å². The topological polar surface area (TPSA) is 57.7 Å². The summed E-state index contributed by atoms with van der Waals surface area (Å²) >= 11 is 14.0. The highest BCUT2D eigenvalue weighted by molar-refractivity contribution is 7.21. The van der Waals surface area contributed by atoms with Crippen LogP contribution in [0.25, 0.3) is 10.1 Å². The summed E-state index contributed by atoms with van der Waals surface area (Å²) in [6.07, 6.45) is 0. The van der Waals surface area contributed by atoms with Gasteiger partial charge in [-0.3, -0.25) is 24.2 Å². The van der Waals surface area contributed by atoms with Gasteiger partial charge >= 0.3 is 0 Å². The van der Waals surface area contributed by atoms with Crippen LogP contribution in [0.1, 0.15) is 41.5 Å². The van der Waals surface area contributed by atoms with Gasteiger partial charge in [0.05, 0.1) is 16.1 Å². The maximum atomic E-state index is 13.9. The molecule has 0 saturated carbocycles. The number of carbonyl (C=O) groups excluding carboxylic acids is 3. The van der Waals surface area contributed by atoms with E-state index < -0.39 is 17.7 Å². The van der Waals surface area contributed by atoms with Crippen molar-refractivity contribution in [2.75, 3.05) is 11.6 Å². The Balaban J connectivity index is 1.59. The fourth-order valence-corrected chi connectivity index (χ4v) is 5.70. The van der Waals surface area contributed by atoms with Crippen LogP contribution in [0.4, 0.5) is 5.69 Å². The predicted molar refractivity (Wildman–Crippen MR) is 136 cm³/mol. The highest BCUT2D eigenvalue weighted by Gasteiger charge is 2.38. The summed E-state index contributed by atoms with van der Waals surface area (Å²) in [6, 6.07) is 17.5. The van der Waals surface area contributed by atoms with E-state index in [1.807, 2.05) is 26.0 Å². The standard InChI is InChI=1S/C26H18Cl2N2O3S/c1-14-7-9-17(11-15(14)2)29(13-30-24(31)18-5-3-4-6-19(18)25(30)32)26(33)23-22(28)20-10-8-16(27)12-21(20)34-23/h3-12H,13H2,1-2H3. The van der Waals surface area contributed by atoms with Gasteiger partial charge in [-0.25, -0.2) is 0 Å². The minimum absolute atomic E-state index is 0.237. The van der Waals surface area contributed by atoms with Crippen LogP contribution in [0.2, 0.25) is 10.0 Å². The van der Waals surface area contributed by atoms with Crippen LogP contribution >= 0.6 is 34.5 Å². The van der Waals surface area contributed by atoms with Crippen LogP contribution in [0.15, 0.2) is 60.7 Å². The third-order valence-corrected chi connectivity index (χ3v) is 7.87. The van der Waals surface area contributed by atoms with E-state index in [1.54, 1.807) is 48.5 Å². The van der Waals surface area contributed by atoms with Crippen molar-refractivity contribution in [2.45, 2.75) is 13.8 Å². The van der Waals surface area contributed by atoms with Crippen molar-refractivity contribution >= 4 is 68.0 Å². The van der Waals surface area contributed by atoms with Gasteiger partial charge in [-0.2, -0.15) is 0 Å². The summed E-state index contributed by atoms with van der Waals surface area (Å²) in [5.41, 5.74) is 3.26. The lowest BCUT2D eigenvalue weighted by atomic mass is 10.1. The fourth-order valence-electron chi connectivity index (χ4n) is 3.96. The smallest absolute Gasteiger partial charge is 0.271 e. The third-order valence-electron chi connectivity index (χ3n) is 5.99. The zero-order valence-corrected chi connectivity index (χ0v) is 20.6. The van der Waals surface area contributed by atoms with Gasteiger partial charge in [-0.05, 0) is 61.4 Å². The van der Waals surface area contributed by atoms with E-state index in [0.29, 0.717) is 31.7 Å². The minimum atomic E-state index is -0.434. The number of nitrogens with zero attached hydrogens (tertiary/aromatic N) is 2. The SMILES string of the molecule is Cc1ccc(N(CN2C(=O)c3ccccc3C2=O)C(=O)c2sc3cc(Cl)ccc3c2Cl)cc1C. The van der Waals surface area contributed by atoms with Crippen molar-refractivity contribution in [1.29, 1.82) is 0 Å². The molecule has 1 aliphatic heterocycles. The van der Waals surface area contributed by atoms with Crippen molar-refractivity contribution in [3.8, 4) is 0 Å². The number of hydrogen-bond acceptors (Lipinski definition) is 4. The molecule has 0 atom stereocenters. The van der Waals surface area contributed by atoms with Crippen molar-refractivity contribution < 1.29 is 14.4 Å². The summed E-state index contributed by atoms with van der Waals surface area (Å²) in [5, 5.41) is 1.58. The molecule has 34 heavy (non-hydrogen) atoms. The number of halogens is 2. The fraction of sp³-hybridized carbons (Fsp3) is 0.115. The molecule has 0 N–H and O–H groups in total. The molecule has 0 bridgehead atoms. The Morgan fingerprint density at radius 3 is 2.24 bits per heavy atom. The molecule has 0 spiro atoms. The van der Waals surface area contributed by atoms with E-state index in [0.717, 1.165) is 26.1 Å². The molecule has 0 aliphatic carbocycles. The van der Waals surface area contributed by atoms with Crippen LogP contribution < -0.4 is 4.90 Å². The first kappa shape index (κ1) is 22.6. The van der Waals surface area contributed by atoms with E-state index in [9.17, 15) is 14.4 Å². The average Bonchev–Trinajstić information content (AvgIpc) is 3.27. The number of rotatable bonds is 4. The van der Waals surface area contributed by atoms with Crippen LogP contribution in [-0.2, 0) is 0 Å². The molecule has 5 nitrogen and oxygen atoms in total. The van der Waals surface area contributed by atoms with Crippen LogP contribution in [0, 0.1) is 13.8 Å². The lowest BCUT2D eigenvalue weighted by Gasteiger charge is -2.27. The normalized spacial score (nSPS) is 13.0. The van der Waals surface area contributed by atoms with Crippen molar-refractivity contribution in [3.05, 3.63) is 97.8 Å². The summed E-state index contributed by atoms with van der Waals surface area (Å²) in [5.74, 6) is -1.27. The molecular formula is C26H18Cl2N2O3S. The Morgan fingerprint density at radius 2 is 1.59 bits per heavy atom. The number of hydrogen-bond donors (Lipinski definition) is 0. The molecule has 0 fully saturated rings. The zero-order valence-electron chi connectivity index (χ0n) is 18.3. The average molecular weight is 509 g/mol. The maximum Gasteiger partial charge on any atom is 0.271 e. The number of aryl methyl sites for hydroxylation is 2. The first-order valence-corrected chi connectivity index (χ1v) is 12.1. The largest absolute Gasteiger partial charge is 0.289 e. The minimum Gasteiger partial charge on any atom is -0.289 e. The molecule has 0 radical (unpaired) electrons. The number of benzene rings is 3. The van der Waals surface area contributed by atoms with Gasteiger partial charge in [0.1, 0.15) is 11.5 Å². The van der Waals surface area contributed by atoms with Crippen LogP contribution in [0.3, 0.4) is 0 Å². The lowest BCUT2D eigenvalue weighted by molar-refractivity contribution is 0.0650. The van der Waals surface area contributed by atoms with E-state index in [4.69, 9.17) is 23.2 Å². The zero-order chi connectivity index (χ0) is 24.1. The third kappa shape index (κ3) is 3.68. The van der Waals surface area contributed by atoms with Gasteiger partial charge in [-0.1, -0.05) is 47.5 Å². The molecule has 170 valence electrons. The molecule has 0 saturated heterocycles. The lowest BCUT2D eigenvalue weighted by Crippen LogP contribution is -2.44. The van der Waals surface area contributed by atoms with Gasteiger partial charge in [0.2, 0.25) is 0 Å². The second kappa shape index (κ2) is 8.55. The monoisotopic (exact) mass is 508 g/mol. The molecule has 4 aromatic rings. The van der Waals surface area contributed by atoms with E-state index in [1.165, 1.54) is 16.2 Å². The Bertz CT molecular complexity index is 1480. The molecule has 1 aliphatic rings. The first-order chi connectivity index (χ1) is 16.3. The molecule has 2 heterocycles. The number of amides is 3.